The minimum absolute atomic E-state index is 0.0252. The monoisotopic (exact) mass is 253 g/mol. The third-order valence-electron chi connectivity index (χ3n) is 3.05. The van der Waals surface area contributed by atoms with Crippen LogP contribution in [0, 0.1) is 5.92 Å². The number of esters is 1. The fraction of sp³-hybridized carbons (Fsp3) is 0.462. The van der Waals surface area contributed by atoms with Crippen LogP contribution >= 0.6 is 11.6 Å². The first-order valence-corrected chi connectivity index (χ1v) is 6.26. The van der Waals surface area contributed by atoms with Gasteiger partial charge in [0.2, 0.25) is 0 Å². The zero-order chi connectivity index (χ0) is 12.3. The largest absolute Gasteiger partial charge is 0.466 e. The summed E-state index contributed by atoms with van der Waals surface area (Å²) >= 11 is 6.16. The fourth-order valence-electron chi connectivity index (χ4n) is 2.26. The van der Waals surface area contributed by atoms with E-state index in [4.69, 9.17) is 16.3 Å². The molecule has 0 bridgehead atoms. The van der Waals surface area contributed by atoms with Gasteiger partial charge in [0.05, 0.1) is 12.5 Å². The van der Waals surface area contributed by atoms with Gasteiger partial charge in [0.25, 0.3) is 0 Å². The van der Waals surface area contributed by atoms with E-state index < -0.39 is 0 Å². The second kappa shape index (κ2) is 5.52. The molecule has 0 radical (unpaired) electrons. The average Bonchev–Trinajstić information content (AvgIpc) is 2.79. The zero-order valence-electron chi connectivity index (χ0n) is 9.78. The molecule has 0 aliphatic carbocycles. The number of rotatable bonds is 3. The van der Waals surface area contributed by atoms with Crippen molar-refractivity contribution in [3.63, 3.8) is 0 Å². The van der Waals surface area contributed by atoms with Crippen LogP contribution in [0.4, 0.5) is 0 Å². The molecular formula is C13H16ClNO2. The second-order valence-corrected chi connectivity index (χ2v) is 4.51. The van der Waals surface area contributed by atoms with Crippen molar-refractivity contribution in [2.45, 2.75) is 19.4 Å². The number of carbonyl (C=O) groups excluding carboxylic acids is 1. The summed E-state index contributed by atoms with van der Waals surface area (Å²) in [6, 6.07) is 7.60. The van der Waals surface area contributed by atoms with E-state index in [1.807, 2.05) is 31.2 Å². The Morgan fingerprint density at radius 3 is 3.00 bits per heavy atom. The van der Waals surface area contributed by atoms with Gasteiger partial charge in [0.1, 0.15) is 0 Å². The van der Waals surface area contributed by atoms with E-state index >= 15 is 0 Å². The molecule has 1 N–H and O–H groups in total. The normalized spacial score (nSPS) is 23.6. The number of benzene rings is 1. The van der Waals surface area contributed by atoms with E-state index in [0.717, 1.165) is 18.5 Å². The molecule has 17 heavy (non-hydrogen) atoms. The maximum Gasteiger partial charge on any atom is 0.310 e. The van der Waals surface area contributed by atoms with Gasteiger partial charge in [-0.2, -0.15) is 0 Å². The Morgan fingerprint density at radius 2 is 2.29 bits per heavy atom. The third-order valence-corrected chi connectivity index (χ3v) is 3.40. The van der Waals surface area contributed by atoms with E-state index in [2.05, 4.69) is 5.32 Å². The summed E-state index contributed by atoms with van der Waals surface area (Å²) in [5, 5.41) is 4.01. The van der Waals surface area contributed by atoms with Gasteiger partial charge in [0, 0.05) is 11.1 Å². The van der Waals surface area contributed by atoms with Crippen molar-refractivity contribution >= 4 is 17.6 Å². The van der Waals surface area contributed by atoms with Crippen LogP contribution in [0.1, 0.15) is 24.9 Å². The highest BCUT2D eigenvalue weighted by Crippen LogP contribution is 2.34. The highest BCUT2D eigenvalue weighted by molar-refractivity contribution is 6.31. The molecule has 0 saturated carbocycles. The quantitative estimate of drug-likeness (QED) is 0.842. The maximum atomic E-state index is 11.8. The van der Waals surface area contributed by atoms with Crippen molar-refractivity contribution in [1.29, 1.82) is 0 Å². The fourth-order valence-corrected chi connectivity index (χ4v) is 2.51. The molecule has 1 aromatic rings. The number of halogens is 1. The topological polar surface area (TPSA) is 38.3 Å². The summed E-state index contributed by atoms with van der Waals surface area (Å²) in [5.41, 5.74) is 0.977. The van der Waals surface area contributed by atoms with Crippen LogP contribution < -0.4 is 5.32 Å². The molecule has 2 rings (SSSR count). The average molecular weight is 254 g/mol. The van der Waals surface area contributed by atoms with Crippen LogP contribution in [0.3, 0.4) is 0 Å². The number of nitrogens with one attached hydrogen (secondary N) is 1. The van der Waals surface area contributed by atoms with Crippen molar-refractivity contribution in [3.05, 3.63) is 34.9 Å². The van der Waals surface area contributed by atoms with Gasteiger partial charge in [-0.3, -0.25) is 4.79 Å². The number of carbonyl (C=O) groups is 1. The molecule has 0 spiro atoms. The summed E-state index contributed by atoms with van der Waals surface area (Å²) in [7, 11) is 0. The molecule has 0 unspecified atom stereocenters. The van der Waals surface area contributed by atoms with Crippen molar-refractivity contribution in [2.75, 3.05) is 13.2 Å². The molecule has 1 saturated heterocycles. The van der Waals surface area contributed by atoms with Crippen molar-refractivity contribution in [1.82, 2.24) is 5.32 Å². The van der Waals surface area contributed by atoms with Crippen molar-refractivity contribution < 1.29 is 9.53 Å². The lowest BCUT2D eigenvalue weighted by atomic mass is 9.94. The van der Waals surface area contributed by atoms with Crippen molar-refractivity contribution in [2.24, 2.45) is 5.92 Å². The highest BCUT2D eigenvalue weighted by Gasteiger charge is 2.35. The highest BCUT2D eigenvalue weighted by atomic mass is 35.5. The summed E-state index contributed by atoms with van der Waals surface area (Å²) < 4.78 is 5.10. The SMILES string of the molecule is CCOC(=O)[C@@H]1CCN[C@H]1c1ccccc1Cl. The molecule has 2 atom stereocenters. The van der Waals surface area contributed by atoms with E-state index in [1.54, 1.807) is 0 Å². The number of hydrogen-bond donors (Lipinski definition) is 1. The van der Waals surface area contributed by atoms with E-state index in [-0.39, 0.29) is 17.9 Å². The Morgan fingerprint density at radius 1 is 1.53 bits per heavy atom. The molecule has 1 heterocycles. The number of ether oxygens (including phenoxy) is 1. The molecule has 1 aliphatic heterocycles. The first-order chi connectivity index (χ1) is 8.24. The molecule has 0 aromatic heterocycles. The number of hydrogen-bond acceptors (Lipinski definition) is 3. The lowest BCUT2D eigenvalue weighted by Gasteiger charge is -2.19. The predicted octanol–water partition coefficient (Wildman–Crippen LogP) is 2.55. The van der Waals surface area contributed by atoms with Gasteiger partial charge in [-0.25, -0.2) is 0 Å². The predicted molar refractivity (Wildman–Crippen MR) is 66.9 cm³/mol. The van der Waals surface area contributed by atoms with Gasteiger partial charge in [0.15, 0.2) is 0 Å². The van der Waals surface area contributed by atoms with E-state index in [0.29, 0.717) is 11.6 Å². The van der Waals surface area contributed by atoms with Gasteiger partial charge >= 0.3 is 5.97 Å². The van der Waals surface area contributed by atoms with Crippen LogP contribution in [0.15, 0.2) is 24.3 Å². The van der Waals surface area contributed by atoms with Crippen LogP contribution in [-0.4, -0.2) is 19.1 Å². The summed E-state index contributed by atoms with van der Waals surface area (Å²) in [6.45, 7) is 3.06. The van der Waals surface area contributed by atoms with Crippen LogP contribution in [0.2, 0.25) is 5.02 Å². The molecule has 3 nitrogen and oxygen atoms in total. The lowest BCUT2D eigenvalue weighted by molar-refractivity contribution is -0.148. The first-order valence-electron chi connectivity index (χ1n) is 5.88. The van der Waals surface area contributed by atoms with E-state index in [1.165, 1.54) is 0 Å². The molecule has 4 heteroatoms. The minimum Gasteiger partial charge on any atom is -0.466 e. The Labute approximate surface area is 106 Å². The van der Waals surface area contributed by atoms with Gasteiger partial charge in [-0.1, -0.05) is 29.8 Å². The summed E-state index contributed by atoms with van der Waals surface area (Å²) in [5.74, 6) is -0.266. The molecule has 92 valence electrons. The third kappa shape index (κ3) is 2.61. The Hall–Kier alpha value is -1.06. The molecule has 1 aliphatic rings. The van der Waals surface area contributed by atoms with Crippen LogP contribution in [0.5, 0.6) is 0 Å². The van der Waals surface area contributed by atoms with Gasteiger partial charge in [-0.15, -0.1) is 0 Å². The minimum atomic E-state index is -0.137. The Kier molecular flexibility index (Phi) is 4.02. The van der Waals surface area contributed by atoms with Crippen molar-refractivity contribution in [3.8, 4) is 0 Å². The standard InChI is InChI=1S/C13H16ClNO2/c1-2-17-13(16)10-7-8-15-12(10)9-5-3-4-6-11(9)14/h3-6,10,12,15H,2,7-8H2,1H3/t10-,12+/m1/s1. The second-order valence-electron chi connectivity index (χ2n) is 4.10. The summed E-state index contributed by atoms with van der Waals surface area (Å²) in [6.07, 6.45) is 0.800. The Balaban J connectivity index is 2.20. The van der Waals surface area contributed by atoms with Gasteiger partial charge < -0.3 is 10.1 Å². The molecule has 1 aromatic carbocycles. The lowest BCUT2D eigenvalue weighted by Crippen LogP contribution is -2.25. The maximum absolute atomic E-state index is 11.8. The first kappa shape index (κ1) is 12.4. The van der Waals surface area contributed by atoms with Crippen LogP contribution in [0.25, 0.3) is 0 Å². The van der Waals surface area contributed by atoms with Gasteiger partial charge in [-0.05, 0) is 31.5 Å². The zero-order valence-corrected chi connectivity index (χ0v) is 10.5. The molecule has 1 fully saturated rings. The smallest absolute Gasteiger partial charge is 0.310 e. The Bertz CT molecular complexity index is 408. The summed E-state index contributed by atoms with van der Waals surface area (Å²) in [4.78, 5) is 11.8. The van der Waals surface area contributed by atoms with Crippen LogP contribution in [-0.2, 0) is 9.53 Å². The van der Waals surface area contributed by atoms with E-state index in [9.17, 15) is 4.79 Å². The molecule has 0 amide bonds. The molecular weight excluding hydrogens is 238 g/mol.